The van der Waals surface area contributed by atoms with Gasteiger partial charge in [0.2, 0.25) is 0 Å². The molecule has 2 aromatic heterocycles. The molecule has 3 heterocycles. The SMILES string of the molecule is c1cnc2ccc(CN3CCC(Cc4nccs4)C3)cc2c1. The molecule has 0 radical (unpaired) electrons. The van der Waals surface area contributed by atoms with Crippen molar-refractivity contribution in [2.75, 3.05) is 13.1 Å². The van der Waals surface area contributed by atoms with E-state index in [-0.39, 0.29) is 0 Å². The highest BCUT2D eigenvalue weighted by molar-refractivity contribution is 7.09. The van der Waals surface area contributed by atoms with Crippen LogP contribution in [0.4, 0.5) is 0 Å². The summed E-state index contributed by atoms with van der Waals surface area (Å²) in [4.78, 5) is 11.4. The van der Waals surface area contributed by atoms with Crippen molar-refractivity contribution in [1.29, 1.82) is 0 Å². The van der Waals surface area contributed by atoms with Crippen molar-refractivity contribution in [1.82, 2.24) is 14.9 Å². The molecule has 0 amide bonds. The number of likely N-dealkylation sites (tertiary alicyclic amines) is 1. The summed E-state index contributed by atoms with van der Waals surface area (Å²) < 4.78 is 0. The van der Waals surface area contributed by atoms with Crippen molar-refractivity contribution in [2.45, 2.75) is 19.4 Å². The van der Waals surface area contributed by atoms with Gasteiger partial charge < -0.3 is 0 Å². The maximum Gasteiger partial charge on any atom is 0.0928 e. The van der Waals surface area contributed by atoms with Crippen molar-refractivity contribution < 1.29 is 0 Å². The third-order valence-corrected chi connectivity index (χ3v) is 5.19. The lowest BCUT2D eigenvalue weighted by Gasteiger charge is -2.16. The van der Waals surface area contributed by atoms with Gasteiger partial charge in [0.05, 0.1) is 10.5 Å². The number of fused-ring (bicyclic) bond motifs is 1. The minimum absolute atomic E-state index is 0.758. The van der Waals surface area contributed by atoms with Gasteiger partial charge >= 0.3 is 0 Å². The first-order chi connectivity index (χ1) is 10.9. The zero-order chi connectivity index (χ0) is 14.8. The Bertz CT molecular complexity index is 754. The minimum Gasteiger partial charge on any atom is -0.299 e. The topological polar surface area (TPSA) is 29.0 Å². The van der Waals surface area contributed by atoms with Crippen LogP contribution in [0.2, 0.25) is 0 Å². The van der Waals surface area contributed by atoms with Crippen LogP contribution >= 0.6 is 11.3 Å². The van der Waals surface area contributed by atoms with Gasteiger partial charge in [0, 0.05) is 42.7 Å². The van der Waals surface area contributed by atoms with Crippen LogP contribution in [-0.2, 0) is 13.0 Å². The highest BCUT2D eigenvalue weighted by Gasteiger charge is 2.23. The summed E-state index contributed by atoms with van der Waals surface area (Å²) in [6.07, 6.45) is 6.19. The van der Waals surface area contributed by atoms with E-state index in [0.717, 1.165) is 24.4 Å². The second-order valence-electron chi connectivity index (χ2n) is 6.05. The molecule has 0 bridgehead atoms. The number of rotatable bonds is 4. The van der Waals surface area contributed by atoms with Gasteiger partial charge in [-0.05, 0) is 42.6 Å². The molecule has 0 aliphatic carbocycles. The number of hydrogen-bond acceptors (Lipinski definition) is 4. The molecular weight excluding hydrogens is 290 g/mol. The number of aromatic nitrogens is 2. The zero-order valence-electron chi connectivity index (χ0n) is 12.5. The Labute approximate surface area is 134 Å². The average Bonchev–Trinajstić information content (AvgIpc) is 3.20. The second-order valence-corrected chi connectivity index (χ2v) is 7.03. The maximum absolute atomic E-state index is 4.42. The quantitative estimate of drug-likeness (QED) is 0.735. The van der Waals surface area contributed by atoms with Crippen LogP contribution in [0.3, 0.4) is 0 Å². The summed E-state index contributed by atoms with van der Waals surface area (Å²) in [5, 5.41) is 4.59. The fraction of sp³-hybridized carbons (Fsp3) is 0.333. The van der Waals surface area contributed by atoms with Gasteiger partial charge in [-0.2, -0.15) is 0 Å². The molecule has 22 heavy (non-hydrogen) atoms. The van der Waals surface area contributed by atoms with Crippen LogP contribution < -0.4 is 0 Å². The molecule has 1 aliphatic rings. The van der Waals surface area contributed by atoms with Crippen LogP contribution in [0.1, 0.15) is 17.0 Å². The highest BCUT2D eigenvalue weighted by Crippen LogP contribution is 2.24. The molecule has 4 heteroatoms. The second kappa shape index (κ2) is 6.15. The van der Waals surface area contributed by atoms with Crippen LogP contribution in [0.5, 0.6) is 0 Å². The van der Waals surface area contributed by atoms with Crippen LogP contribution in [0.15, 0.2) is 48.1 Å². The Morgan fingerprint density at radius 3 is 3.09 bits per heavy atom. The average molecular weight is 309 g/mol. The van der Waals surface area contributed by atoms with Crippen LogP contribution in [0.25, 0.3) is 10.9 Å². The van der Waals surface area contributed by atoms with E-state index >= 15 is 0 Å². The molecule has 1 aliphatic heterocycles. The molecule has 1 saturated heterocycles. The molecule has 1 aromatic carbocycles. The first-order valence-electron chi connectivity index (χ1n) is 7.81. The smallest absolute Gasteiger partial charge is 0.0928 e. The molecule has 1 fully saturated rings. The molecule has 0 N–H and O–H groups in total. The van der Waals surface area contributed by atoms with Gasteiger partial charge in [0.15, 0.2) is 0 Å². The Hall–Kier alpha value is -1.78. The Morgan fingerprint density at radius 1 is 1.18 bits per heavy atom. The van der Waals surface area contributed by atoms with Gasteiger partial charge in [0.25, 0.3) is 0 Å². The highest BCUT2D eigenvalue weighted by atomic mass is 32.1. The summed E-state index contributed by atoms with van der Waals surface area (Å²) >= 11 is 1.78. The summed E-state index contributed by atoms with van der Waals surface area (Å²) in [5.41, 5.74) is 2.46. The first kappa shape index (κ1) is 13.9. The summed E-state index contributed by atoms with van der Waals surface area (Å²) in [6.45, 7) is 3.42. The number of benzene rings is 1. The summed E-state index contributed by atoms with van der Waals surface area (Å²) in [5.74, 6) is 0.758. The van der Waals surface area contributed by atoms with E-state index in [2.05, 4.69) is 44.5 Å². The molecule has 1 unspecified atom stereocenters. The number of thiazole rings is 1. The van der Waals surface area contributed by atoms with Gasteiger partial charge in [-0.15, -0.1) is 11.3 Å². The molecule has 0 spiro atoms. The number of pyridine rings is 1. The fourth-order valence-electron chi connectivity index (χ4n) is 3.31. The Morgan fingerprint density at radius 2 is 2.18 bits per heavy atom. The van der Waals surface area contributed by atoms with Gasteiger partial charge in [0.1, 0.15) is 0 Å². The molecule has 112 valence electrons. The van der Waals surface area contributed by atoms with E-state index < -0.39 is 0 Å². The molecule has 0 saturated carbocycles. The Kier molecular flexibility index (Phi) is 3.87. The monoisotopic (exact) mass is 309 g/mol. The van der Waals surface area contributed by atoms with Crippen molar-refractivity contribution in [3.05, 3.63) is 58.7 Å². The molecular formula is C18H19N3S. The number of nitrogens with zero attached hydrogens (tertiary/aromatic N) is 3. The zero-order valence-corrected chi connectivity index (χ0v) is 13.3. The lowest BCUT2D eigenvalue weighted by atomic mass is 10.1. The maximum atomic E-state index is 4.42. The Balaban J connectivity index is 1.40. The summed E-state index contributed by atoms with van der Waals surface area (Å²) in [7, 11) is 0. The van der Waals surface area contributed by atoms with E-state index in [1.54, 1.807) is 11.3 Å². The molecule has 3 nitrogen and oxygen atoms in total. The third kappa shape index (κ3) is 3.03. The molecule has 1 atom stereocenters. The fourth-order valence-corrected chi connectivity index (χ4v) is 4.04. The lowest BCUT2D eigenvalue weighted by Crippen LogP contribution is -2.20. The van der Waals surface area contributed by atoms with E-state index in [4.69, 9.17) is 0 Å². The predicted octanol–water partition coefficient (Wildman–Crippen LogP) is 3.76. The van der Waals surface area contributed by atoms with E-state index in [1.165, 1.54) is 35.5 Å². The normalized spacial score (nSPS) is 19.0. The molecule has 3 aromatic rings. The first-order valence-corrected chi connectivity index (χ1v) is 8.69. The largest absolute Gasteiger partial charge is 0.299 e. The standard InChI is InChI=1S/C18H19N3S/c1-2-16-10-14(3-4-17(16)19-6-1)12-21-8-5-15(13-21)11-18-20-7-9-22-18/h1-4,6-7,9-10,15H,5,8,11-13H2. The molecule has 4 rings (SSSR count). The van der Waals surface area contributed by atoms with Crippen molar-refractivity contribution in [3.63, 3.8) is 0 Å². The van der Waals surface area contributed by atoms with E-state index in [0.29, 0.717) is 0 Å². The van der Waals surface area contributed by atoms with E-state index in [1.807, 2.05) is 18.5 Å². The van der Waals surface area contributed by atoms with Gasteiger partial charge in [-0.3, -0.25) is 9.88 Å². The van der Waals surface area contributed by atoms with Gasteiger partial charge in [-0.1, -0.05) is 12.1 Å². The van der Waals surface area contributed by atoms with Crippen molar-refractivity contribution >= 4 is 22.2 Å². The van der Waals surface area contributed by atoms with Crippen molar-refractivity contribution in [3.8, 4) is 0 Å². The number of hydrogen-bond donors (Lipinski definition) is 0. The predicted molar refractivity (Wildman–Crippen MR) is 90.9 cm³/mol. The van der Waals surface area contributed by atoms with Crippen LogP contribution in [-0.4, -0.2) is 28.0 Å². The lowest BCUT2D eigenvalue weighted by molar-refractivity contribution is 0.316. The minimum atomic E-state index is 0.758. The summed E-state index contributed by atoms with van der Waals surface area (Å²) in [6, 6.07) is 10.8. The van der Waals surface area contributed by atoms with Crippen molar-refractivity contribution in [2.24, 2.45) is 5.92 Å². The van der Waals surface area contributed by atoms with Gasteiger partial charge in [-0.25, -0.2) is 4.98 Å². The van der Waals surface area contributed by atoms with E-state index in [9.17, 15) is 0 Å². The van der Waals surface area contributed by atoms with Crippen LogP contribution in [0, 0.1) is 5.92 Å². The third-order valence-electron chi connectivity index (χ3n) is 4.39.